The van der Waals surface area contributed by atoms with Crippen molar-refractivity contribution in [2.75, 3.05) is 5.32 Å². The molecule has 0 spiro atoms. The maximum atomic E-state index is 13.4. The van der Waals surface area contributed by atoms with Gasteiger partial charge in [-0.3, -0.25) is 0 Å². The number of hydrogen-bond acceptors (Lipinski definition) is 4. The molecule has 0 aliphatic rings. The topological polar surface area (TPSA) is 55.6 Å². The van der Waals surface area contributed by atoms with E-state index in [1.165, 1.54) is 5.56 Å². The van der Waals surface area contributed by atoms with E-state index in [4.69, 9.17) is 0 Å². The number of benzene rings is 1. The molecule has 1 aromatic carbocycles. The SMILES string of the molecule is Cc1cccc(CNc2nc(F)nc3c2ncn3C)c1. The molecule has 1 N–H and O–H groups in total. The maximum absolute atomic E-state index is 13.4. The van der Waals surface area contributed by atoms with Gasteiger partial charge in [0.15, 0.2) is 17.0 Å². The predicted octanol–water partition coefficient (Wildman–Crippen LogP) is 2.42. The first-order valence-corrected chi connectivity index (χ1v) is 6.27. The predicted molar refractivity (Wildman–Crippen MR) is 74.8 cm³/mol. The standard InChI is InChI=1S/C14H14FN5/c1-9-4-3-5-10(6-9)7-16-12-11-13(19-14(15)18-12)20(2)8-17-11/h3-6,8H,7H2,1-2H3,(H,16,18,19). The molecule has 0 saturated heterocycles. The minimum absolute atomic E-state index is 0.412. The van der Waals surface area contributed by atoms with E-state index in [2.05, 4.69) is 26.3 Å². The summed E-state index contributed by atoms with van der Waals surface area (Å²) < 4.78 is 15.1. The van der Waals surface area contributed by atoms with Gasteiger partial charge in [-0.05, 0) is 12.5 Å². The minimum atomic E-state index is -0.757. The van der Waals surface area contributed by atoms with Crippen LogP contribution in [0.25, 0.3) is 11.2 Å². The zero-order valence-electron chi connectivity index (χ0n) is 11.3. The third-order valence-corrected chi connectivity index (χ3v) is 3.07. The van der Waals surface area contributed by atoms with Gasteiger partial charge in [-0.2, -0.15) is 14.4 Å². The Morgan fingerprint density at radius 3 is 2.95 bits per heavy atom. The first-order chi connectivity index (χ1) is 9.63. The van der Waals surface area contributed by atoms with Gasteiger partial charge >= 0.3 is 6.08 Å². The lowest BCUT2D eigenvalue weighted by atomic mass is 10.1. The molecule has 20 heavy (non-hydrogen) atoms. The van der Waals surface area contributed by atoms with Gasteiger partial charge in [0.1, 0.15) is 0 Å². The molecule has 0 atom stereocenters. The van der Waals surface area contributed by atoms with Gasteiger partial charge < -0.3 is 9.88 Å². The molecular formula is C14H14FN5. The summed E-state index contributed by atoms with van der Waals surface area (Å²) in [5.74, 6) is 0.412. The fraction of sp³-hybridized carbons (Fsp3) is 0.214. The van der Waals surface area contributed by atoms with Crippen LogP contribution in [0.3, 0.4) is 0 Å². The molecule has 0 fully saturated rings. The maximum Gasteiger partial charge on any atom is 0.312 e. The number of nitrogens with one attached hydrogen (secondary N) is 1. The number of anilines is 1. The number of rotatable bonds is 3. The lowest BCUT2D eigenvalue weighted by molar-refractivity contribution is 0.543. The highest BCUT2D eigenvalue weighted by Crippen LogP contribution is 2.18. The molecule has 6 heteroatoms. The Labute approximate surface area is 115 Å². The van der Waals surface area contributed by atoms with Gasteiger partial charge in [-0.15, -0.1) is 0 Å². The average Bonchev–Trinajstić information content (AvgIpc) is 2.78. The van der Waals surface area contributed by atoms with Crippen molar-refractivity contribution in [1.82, 2.24) is 19.5 Å². The smallest absolute Gasteiger partial charge is 0.312 e. The summed E-state index contributed by atoms with van der Waals surface area (Å²) in [4.78, 5) is 11.7. The zero-order valence-corrected chi connectivity index (χ0v) is 11.3. The largest absolute Gasteiger partial charge is 0.364 e. The normalized spacial score (nSPS) is 10.9. The Balaban J connectivity index is 1.91. The van der Waals surface area contributed by atoms with E-state index in [1.54, 1.807) is 17.9 Å². The van der Waals surface area contributed by atoms with Crippen LogP contribution in [0, 0.1) is 13.0 Å². The second kappa shape index (κ2) is 4.88. The minimum Gasteiger partial charge on any atom is -0.364 e. The lowest BCUT2D eigenvalue weighted by Gasteiger charge is -2.07. The molecule has 2 aromatic heterocycles. The van der Waals surface area contributed by atoms with Crippen molar-refractivity contribution in [2.24, 2.45) is 7.05 Å². The van der Waals surface area contributed by atoms with Crippen LogP contribution in [0.15, 0.2) is 30.6 Å². The third-order valence-electron chi connectivity index (χ3n) is 3.07. The quantitative estimate of drug-likeness (QED) is 0.743. The summed E-state index contributed by atoms with van der Waals surface area (Å²) in [6.45, 7) is 2.59. The Bertz CT molecular complexity index is 765. The molecule has 0 unspecified atom stereocenters. The van der Waals surface area contributed by atoms with Crippen LogP contribution >= 0.6 is 0 Å². The van der Waals surface area contributed by atoms with E-state index in [0.29, 0.717) is 23.5 Å². The first kappa shape index (κ1) is 12.5. The second-order valence-corrected chi connectivity index (χ2v) is 4.71. The van der Waals surface area contributed by atoms with Crippen molar-refractivity contribution >= 4 is 17.0 Å². The zero-order chi connectivity index (χ0) is 14.1. The van der Waals surface area contributed by atoms with E-state index in [1.807, 2.05) is 25.1 Å². The van der Waals surface area contributed by atoms with E-state index in [-0.39, 0.29) is 0 Å². The van der Waals surface area contributed by atoms with Gasteiger partial charge in [0.25, 0.3) is 0 Å². The number of hydrogen-bond donors (Lipinski definition) is 1. The van der Waals surface area contributed by atoms with Crippen molar-refractivity contribution < 1.29 is 4.39 Å². The fourth-order valence-electron chi connectivity index (χ4n) is 2.11. The van der Waals surface area contributed by atoms with Gasteiger partial charge in [-0.25, -0.2) is 4.98 Å². The highest BCUT2D eigenvalue weighted by molar-refractivity contribution is 5.82. The van der Waals surface area contributed by atoms with Crippen LogP contribution in [0.5, 0.6) is 0 Å². The summed E-state index contributed by atoms with van der Waals surface area (Å²) >= 11 is 0. The number of halogens is 1. The van der Waals surface area contributed by atoms with Crippen molar-refractivity contribution in [3.8, 4) is 0 Å². The molecule has 0 radical (unpaired) electrons. The first-order valence-electron chi connectivity index (χ1n) is 6.27. The van der Waals surface area contributed by atoms with Crippen LogP contribution in [-0.4, -0.2) is 19.5 Å². The molecule has 0 bridgehead atoms. The number of imidazole rings is 1. The Kier molecular flexibility index (Phi) is 3.06. The molecule has 0 saturated carbocycles. The van der Waals surface area contributed by atoms with Crippen molar-refractivity contribution in [1.29, 1.82) is 0 Å². The summed E-state index contributed by atoms with van der Waals surface area (Å²) in [6.07, 6.45) is 0.837. The fourth-order valence-corrected chi connectivity index (χ4v) is 2.11. The molecule has 3 aromatic rings. The van der Waals surface area contributed by atoms with Crippen LogP contribution < -0.4 is 5.32 Å². The van der Waals surface area contributed by atoms with Crippen molar-refractivity contribution in [2.45, 2.75) is 13.5 Å². The summed E-state index contributed by atoms with van der Waals surface area (Å²) in [5.41, 5.74) is 3.33. The lowest BCUT2D eigenvalue weighted by Crippen LogP contribution is -2.05. The second-order valence-electron chi connectivity index (χ2n) is 4.71. The Morgan fingerprint density at radius 2 is 2.15 bits per heavy atom. The van der Waals surface area contributed by atoms with E-state index in [9.17, 15) is 4.39 Å². The highest BCUT2D eigenvalue weighted by Gasteiger charge is 2.11. The van der Waals surface area contributed by atoms with E-state index in [0.717, 1.165) is 5.56 Å². The van der Waals surface area contributed by atoms with Crippen molar-refractivity contribution in [3.05, 3.63) is 47.8 Å². The van der Waals surface area contributed by atoms with E-state index >= 15 is 0 Å². The van der Waals surface area contributed by atoms with Gasteiger partial charge in [0.2, 0.25) is 0 Å². The summed E-state index contributed by atoms with van der Waals surface area (Å²) in [6, 6.07) is 8.10. The molecule has 3 rings (SSSR count). The molecule has 0 aliphatic heterocycles. The van der Waals surface area contributed by atoms with Crippen LogP contribution in [0.1, 0.15) is 11.1 Å². The van der Waals surface area contributed by atoms with E-state index < -0.39 is 6.08 Å². The van der Waals surface area contributed by atoms with Crippen molar-refractivity contribution in [3.63, 3.8) is 0 Å². The number of aryl methyl sites for hydroxylation is 2. The Hall–Kier alpha value is -2.50. The summed E-state index contributed by atoms with van der Waals surface area (Å²) in [5, 5.41) is 3.12. The molecule has 102 valence electrons. The molecule has 2 heterocycles. The Morgan fingerprint density at radius 1 is 1.30 bits per heavy atom. The van der Waals surface area contributed by atoms with Crippen LogP contribution in [-0.2, 0) is 13.6 Å². The molecular weight excluding hydrogens is 257 g/mol. The molecule has 0 aliphatic carbocycles. The van der Waals surface area contributed by atoms with Gasteiger partial charge in [-0.1, -0.05) is 29.8 Å². The average molecular weight is 271 g/mol. The van der Waals surface area contributed by atoms with Gasteiger partial charge in [0.05, 0.1) is 6.33 Å². The molecule has 0 amide bonds. The number of fused-ring (bicyclic) bond motifs is 1. The monoisotopic (exact) mass is 271 g/mol. The van der Waals surface area contributed by atoms with Gasteiger partial charge in [0, 0.05) is 13.6 Å². The summed E-state index contributed by atoms with van der Waals surface area (Å²) in [7, 11) is 1.77. The highest BCUT2D eigenvalue weighted by atomic mass is 19.1. The molecule has 5 nitrogen and oxygen atoms in total. The van der Waals surface area contributed by atoms with Crippen LogP contribution in [0.2, 0.25) is 0 Å². The number of nitrogens with zero attached hydrogens (tertiary/aromatic N) is 4. The van der Waals surface area contributed by atoms with Crippen LogP contribution in [0.4, 0.5) is 10.2 Å². The third kappa shape index (κ3) is 2.32. The number of aromatic nitrogens is 4.